The van der Waals surface area contributed by atoms with E-state index in [0.717, 1.165) is 35.5 Å². The van der Waals surface area contributed by atoms with Crippen LogP contribution in [0, 0.1) is 6.92 Å². The Morgan fingerprint density at radius 2 is 2.07 bits per heavy atom. The Morgan fingerprint density at radius 1 is 1.23 bits per heavy atom. The van der Waals surface area contributed by atoms with Crippen LogP contribution >= 0.6 is 11.3 Å². The van der Waals surface area contributed by atoms with E-state index >= 15 is 0 Å². The number of likely N-dealkylation sites (tertiary alicyclic amines) is 1. The van der Waals surface area contributed by atoms with Crippen LogP contribution in [0.1, 0.15) is 39.3 Å². The number of hydrogen-bond donors (Lipinski definition) is 1. The highest BCUT2D eigenvalue weighted by Gasteiger charge is 2.43. The van der Waals surface area contributed by atoms with Crippen molar-refractivity contribution >= 4 is 23.1 Å². The smallest absolute Gasteiger partial charge is 0.255 e. The molecule has 30 heavy (non-hydrogen) atoms. The number of nitrogens with zero attached hydrogens (tertiary/aromatic N) is 3. The predicted octanol–water partition coefficient (Wildman–Crippen LogP) is 3.80. The molecule has 2 aliphatic heterocycles. The van der Waals surface area contributed by atoms with E-state index in [0.29, 0.717) is 31.1 Å². The minimum atomic E-state index is -0.316. The van der Waals surface area contributed by atoms with Gasteiger partial charge in [-0.3, -0.25) is 9.78 Å². The summed E-state index contributed by atoms with van der Waals surface area (Å²) in [5.74, 6) is 0.587. The number of pyridine rings is 2. The summed E-state index contributed by atoms with van der Waals surface area (Å²) in [4.78, 5) is 26.2. The molecular weight excluding hydrogens is 396 g/mol. The molecule has 3 aromatic rings. The number of nitrogens with two attached hydrogens (primary N) is 1. The number of carbonyl (C=O) groups excluding carboxylic acids is 1. The Balaban J connectivity index is 1.39. The first-order valence-corrected chi connectivity index (χ1v) is 11.1. The third-order valence-corrected chi connectivity index (χ3v) is 7.34. The molecule has 1 amide bonds. The second-order valence-electron chi connectivity index (χ2n) is 7.92. The molecule has 0 unspecified atom stereocenters. The van der Waals surface area contributed by atoms with Gasteiger partial charge in [0.15, 0.2) is 0 Å². The maximum absolute atomic E-state index is 13.0. The number of piperidine rings is 1. The molecule has 1 saturated heterocycles. The van der Waals surface area contributed by atoms with Crippen LogP contribution in [0.15, 0.2) is 42.6 Å². The van der Waals surface area contributed by atoms with E-state index in [2.05, 4.69) is 16.0 Å². The number of nitrogen functional groups attached to an aromatic ring is 1. The quantitative estimate of drug-likeness (QED) is 0.682. The van der Waals surface area contributed by atoms with Gasteiger partial charge in [0, 0.05) is 36.3 Å². The maximum atomic E-state index is 13.0. The van der Waals surface area contributed by atoms with E-state index in [1.165, 1.54) is 10.4 Å². The average Bonchev–Trinajstić information content (AvgIpc) is 3.21. The lowest BCUT2D eigenvalue weighted by atomic mass is 9.82. The van der Waals surface area contributed by atoms with Crippen molar-refractivity contribution in [2.24, 2.45) is 0 Å². The minimum Gasteiger partial charge on any atom is -0.384 e. The molecule has 0 aromatic carbocycles. The van der Waals surface area contributed by atoms with Gasteiger partial charge < -0.3 is 15.4 Å². The van der Waals surface area contributed by atoms with E-state index in [1.54, 1.807) is 23.6 Å². The van der Waals surface area contributed by atoms with Gasteiger partial charge in [-0.2, -0.15) is 0 Å². The van der Waals surface area contributed by atoms with Crippen molar-refractivity contribution in [1.29, 1.82) is 0 Å². The number of ether oxygens (including phenoxy) is 1. The maximum Gasteiger partial charge on any atom is 0.255 e. The van der Waals surface area contributed by atoms with Crippen molar-refractivity contribution in [3.05, 3.63) is 64.3 Å². The van der Waals surface area contributed by atoms with E-state index in [4.69, 9.17) is 10.5 Å². The number of fused-ring (bicyclic) bond motifs is 2. The van der Waals surface area contributed by atoms with Crippen LogP contribution in [0.25, 0.3) is 10.6 Å². The van der Waals surface area contributed by atoms with Crippen molar-refractivity contribution in [1.82, 2.24) is 14.9 Å². The molecule has 0 atom stereocenters. The summed E-state index contributed by atoms with van der Waals surface area (Å²) in [7, 11) is 0. The lowest BCUT2D eigenvalue weighted by molar-refractivity contribution is -0.0926. The number of aryl methyl sites for hydroxylation is 1. The third kappa shape index (κ3) is 3.28. The fourth-order valence-electron chi connectivity index (χ4n) is 4.50. The van der Waals surface area contributed by atoms with E-state index in [9.17, 15) is 4.79 Å². The van der Waals surface area contributed by atoms with Gasteiger partial charge in [-0.1, -0.05) is 6.07 Å². The number of hydrogen-bond acceptors (Lipinski definition) is 6. The van der Waals surface area contributed by atoms with Crippen molar-refractivity contribution in [2.45, 2.75) is 31.8 Å². The highest BCUT2D eigenvalue weighted by Crippen LogP contribution is 2.46. The van der Waals surface area contributed by atoms with Crippen LogP contribution in [-0.4, -0.2) is 40.5 Å². The zero-order valence-electron chi connectivity index (χ0n) is 16.9. The molecule has 154 valence electrons. The van der Waals surface area contributed by atoms with Crippen LogP contribution in [0.5, 0.6) is 0 Å². The van der Waals surface area contributed by atoms with Crippen LogP contribution in [-0.2, 0) is 16.8 Å². The first kappa shape index (κ1) is 19.2. The summed E-state index contributed by atoms with van der Waals surface area (Å²) < 4.78 is 6.37. The first-order valence-electron chi connectivity index (χ1n) is 10.3. The second-order valence-corrected chi connectivity index (χ2v) is 9.05. The normalized spacial score (nSPS) is 17.7. The average molecular weight is 421 g/mol. The van der Waals surface area contributed by atoms with Gasteiger partial charge in [0.2, 0.25) is 0 Å². The standard InChI is InChI=1S/C23H24N4O2S/c1-15-16(4-3-10-25-15)22(28)27-11-8-23(9-12-27)17-14-20(30-19(17)7-13-29-23)18-5-2-6-21(24)26-18/h2-6,10,14H,7-9,11-13H2,1H3,(H2,24,26). The first-order chi connectivity index (χ1) is 14.6. The molecule has 0 saturated carbocycles. The van der Waals surface area contributed by atoms with Gasteiger partial charge in [-0.25, -0.2) is 4.98 Å². The molecule has 0 radical (unpaired) electrons. The summed E-state index contributed by atoms with van der Waals surface area (Å²) >= 11 is 1.78. The highest BCUT2D eigenvalue weighted by atomic mass is 32.1. The van der Waals surface area contributed by atoms with E-state index in [-0.39, 0.29) is 11.5 Å². The van der Waals surface area contributed by atoms with Gasteiger partial charge in [0.05, 0.1) is 28.3 Å². The molecule has 1 spiro atoms. The molecule has 0 aliphatic carbocycles. The zero-order valence-corrected chi connectivity index (χ0v) is 17.7. The van der Waals surface area contributed by atoms with Crippen LogP contribution in [0.2, 0.25) is 0 Å². The largest absolute Gasteiger partial charge is 0.384 e. The fourth-order valence-corrected chi connectivity index (χ4v) is 5.70. The molecule has 2 aliphatic rings. The van der Waals surface area contributed by atoms with Gasteiger partial charge >= 0.3 is 0 Å². The van der Waals surface area contributed by atoms with Crippen LogP contribution < -0.4 is 5.73 Å². The molecule has 0 bridgehead atoms. The van der Waals surface area contributed by atoms with E-state index in [1.807, 2.05) is 36.1 Å². The van der Waals surface area contributed by atoms with Gasteiger partial charge in [0.25, 0.3) is 5.91 Å². The van der Waals surface area contributed by atoms with Crippen LogP contribution in [0.4, 0.5) is 5.82 Å². The molecule has 5 rings (SSSR count). The molecule has 2 N–H and O–H groups in total. The summed E-state index contributed by atoms with van der Waals surface area (Å²) in [5.41, 5.74) is 9.20. The van der Waals surface area contributed by atoms with Crippen molar-refractivity contribution < 1.29 is 9.53 Å². The van der Waals surface area contributed by atoms with E-state index < -0.39 is 0 Å². The lowest BCUT2D eigenvalue weighted by Crippen LogP contribution is -2.48. The molecule has 1 fully saturated rings. The summed E-state index contributed by atoms with van der Waals surface area (Å²) in [5, 5.41) is 0. The molecule has 3 aromatic heterocycles. The van der Waals surface area contributed by atoms with Gasteiger partial charge in [0.1, 0.15) is 5.82 Å². The Bertz CT molecular complexity index is 1100. The van der Waals surface area contributed by atoms with Crippen molar-refractivity contribution in [2.75, 3.05) is 25.4 Å². The third-order valence-electron chi connectivity index (χ3n) is 6.13. The summed E-state index contributed by atoms with van der Waals surface area (Å²) in [6, 6.07) is 11.6. The summed E-state index contributed by atoms with van der Waals surface area (Å²) in [6.45, 7) is 3.95. The number of thiophene rings is 1. The summed E-state index contributed by atoms with van der Waals surface area (Å²) in [6.07, 6.45) is 4.23. The number of aromatic nitrogens is 2. The Kier molecular flexibility index (Phi) is 4.79. The predicted molar refractivity (Wildman–Crippen MR) is 117 cm³/mol. The van der Waals surface area contributed by atoms with Crippen LogP contribution in [0.3, 0.4) is 0 Å². The lowest BCUT2D eigenvalue weighted by Gasteiger charge is -2.44. The zero-order chi connectivity index (χ0) is 20.7. The van der Waals surface area contributed by atoms with Crippen molar-refractivity contribution in [3.8, 4) is 10.6 Å². The molecule has 5 heterocycles. The van der Waals surface area contributed by atoms with Gasteiger partial charge in [-0.15, -0.1) is 11.3 Å². The van der Waals surface area contributed by atoms with Crippen molar-refractivity contribution in [3.63, 3.8) is 0 Å². The molecular formula is C23H24N4O2S. The van der Waals surface area contributed by atoms with Gasteiger partial charge in [-0.05, 0) is 55.7 Å². The SMILES string of the molecule is Cc1ncccc1C(=O)N1CCC2(CC1)OCCc1sc(-c3cccc(N)n3)cc12. The Morgan fingerprint density at radius 3 is 2.83 bits per heavy atom. The Hall–Kier alpha value is -2.77. The number of amides is 1. The molecule has 7 heteroatoms. The minimum absolute atomic E-state index is 0.0569. The number of carbonyl (C=O) groups is 1. The number of rotatable bonds is 2. The topological polar surface area (TPSA) is 81.3 Å². The second kappa shape index (κ2) is 7.49. The number of anilines is 1. The monoisotopic (exact) mass is 420 g/mol. The fraction of sp³-hybridized carbons (Fsp3) is 0.348. The highest BCUT2D eigenvalue weighted by molar-refractivity contribution is 7.15. The Labute approximate surface area is 179 Å². The molecule has 6 nitrogen and oxygen atoms in total.